The van der Waals surface area contributed by atoms with Crippen molar-refractivity contribution in [1.29, 1.82) is 0 Å². The number of nitrogens with zero attached hydrogens (tertiary/aromatic N) is 2. The van der Waals surface area contributed by atoms with E-state index in [0.29, 0.717) is 18.9 Å². The van der Waals surface area contributed by atoms with E-state index in [1.54, 1.807) is 30.3 Å². The summed E-state index contributed by atoms with van der Waals surface area (Å²) in [4.78, 5) is 27.7. The summed E-state index contributed by atoms with van der Waals surface area (Å²) in [6, 6.07) is 20.9. The average Bonchev–Trinajstić information content (AvgIpc) is 2.93. The second-order valence-electron chi connectivity index (χ2n) is 9.97. The van der Waals surface area contributed by atoms with Gasteiger partial charge in [0.2, 0.25) is 21.8 Å². The summed E-state index contributed by atoms with van der Waals surface area (Å²) < 4.78 is 46.8. The van der Waals surface area contributed by atoms with E-state index in [2.05, 4.69) is 5.32 Å². The number of halogens is 1. The second-order valence-corrected chi connectivity index (χ2v) is 11.9. The van der Waals surface area contributed by atoms with Crippen molar-refractivity contribution in [2.75, 3.05) is 23.7 Å². The molecule has 0 fully saturated rings. The number of benzene rings is 3. The Morgan fingerprint density at radius 1 is 0.925 bits per heavy atom. The number of anilines is 1. The van der Waals surface area contributed by atoms with E-state index in [1.807, 2.05) is 44.2 Å². The van der Waals surface area contributed by atoms with Crippen molar-refractivity contribution in [2.24, 2.45) is 5.92 Å². The smallest absolute Gasteiger partial charge is 0.244 e. The molecule has 0 aliphatic heterocycles. The number of sulfonamides is 1. The lowest BCUT2D eigenvalue weighted by Crippen LogP contribution is -2.51. The van der Waals surface area contributed by atoms with Crippen LogP contribution in [-0.2, 0) is 32.8 Å². The summed E-state index contributed by atoms with van der Waals surface area (Å²) in [5.41, 5.74) is 1.45. The van der Waals surface area contributed by atoms with Crippen LogP contribution in [0.1, 0.15) is 31.9 Å². The van der Waals surface area contributed by atoms with E-state index in [9.17, 15) is 22.4 Å². The molecule has 1 N–H and O–H groups in total. The van der Waals surface area contributed by atoms with Gasteiger partial charge in [-0.15, -0.1) is 0 Å². The Hall–Kier alpha value is -3.92. The zero-order valence-corrected chi connectivity index (χ0v) is 24.0. The third-order valence-corrected chi connectivity index (χ3v) is 7.34. The average molecular weight is 570 g/mol. The lowest BCUT2D eigenvalue weighted by Gasteiger charge is -2.31. The molecule has 0 saturated carbocycles. The molecule has 3 rings (SSSR count). The van der Waals surface area contributed by atoms with Crippen molar-refractivity contribution in [3.63, 3.8) is 0 Å². The van der Waals surface area contributed by atoms with Gasteiger partial charge in [-0.05, 0) is 48.7 Å². The largest absolute Gasteiger partial charge is 0.489 e. The quantitative estimate of drug-likeness (QED) is 0.330. The summed E-state index contributed by atoms with van der Waals surface area (Å²) >= 11 is 0. The molecule has 8 nitrogen and oxygen atoms in total. The van der Waals surface area contributed by atoms with Crippen molar-refractivity contribution in [3.05, 3.63) is 95.8 Å². The van der Waals surface area contributed by atoms with Gasteiger partial charge in [-0.25, -0.2) is 12.8 Å². The first-order valence-corrected chi connectivity index (χ1v) is 14.9. The fraction of sp³-hybridized carbons (Fsp3) is 0.333. The van der Waals surface area contributed by atoms with Gasteiger partial charge in [-0.1, -0.05) is 62.4 Å². The van der Waals surface area contributed by atoms with Gasteiger partial charge in [-0.3, -0.25) is 13.9 Å². The van der Waals surface area contributed by atoms with Crippen LogP contribution in [0.5, 0.6) is 5.75 Å². The Morgan fingerprint density at radius 3 is 2.15 bits per heavy atom. The molecule has 0 radical (unpaired) electrons. The Balaban J connectivity index is 1.82. The highest BCUT2D eigenvalue weighted by atomic mass is 32.2. The van der Waals surface area contributed by atoms with Gasteiger partial charge < -0.3 is 15.0 Å². The third-order valence-electron chi connectivity index (χ3n) is 6.20. The van der Waals surface area contributed by atoms with Crippen LogP contribution in [0.4, 0.5) is 10.1 Å². The maximum Gasteiger partial charge on any atom is 0.244 e. The van der Waals surface area contributed by atoms with Crippen LogP contribution in [0, 0.1) is 11.7 Å². The number of carbonyl (C=O) groups is 2. The molecule has 0 aliphatic carbocycles. The van der Waals surface area contributed by atoms with Gasteiger partial charge in [0.05, 0.1) is 11.9 Å². The predicted molar refractivity (Wildman–Crippen MR) is 154 cm³/mol. The molecule has 1 atom stereocenters. The Bertz CT molecular complexity index is 1380. The molecular formula is C30H36FN3O5S. The number of ether oxygens (including phenoxy) is 1. The fourth-order valence-electron chi connectivity index (χ4n) is 3.91. The summed E-state index contributed by atoms with van der Waals surface area (Å²) in [6.45, 7) is 5.39. The van der Waals surface area contributed by atoms with Crippen LogP contribution in [0.2, 0.25) is 0 Å². The van der Waals surface area contributed by atoms with Crippen LogP contribution in [0.15, 0.2) is 78.9 Å². The Morgan fingerprint density at radius 2 is 1.55 bits per heavy atom. The van der Waals surface area contributed by atoms with Crippen molar-refractivity contribution in [2.45, 2.75) is 40.0 Å². The molecule has 0 aliphatic rings. The van der Waals surface area contributed by atoms with E-state index in [1.165, 1.54) is 30.0 Å². The number of hydrogen-bond donors (Lipinski definition) is 1. The SMILES string of the molecule is CC(C)CNC(=O)C(C)N(Cc1ccccc1F)C(=O)CN(c1ccc(OCc2ccccc2)cc1)S(C)(=O)=O. The third kappa shape index (κ3) is 8.81. The molecule has 0 aromatic heterocycles. The molecule has 2 amide bonds. The van der Waals surface area contributed by atoms with Gasteiger partial charge in [0.1, 0.15) is 30.8 Å². The van der Waals surface area contributed by atoms with Crippen LogP contribution >= 0.6 is 0 Å². The first kappa shape index (κ1) is 30.6. The molecule has 0 heterocycles. The van der Waals surface area contributed by atoms with E-state index < -0.39 is 40.2 Å². The minimum absolute atomic E-state index is 0.187. The number of amides is 2. The zero-order chi connectivity index (χ0) is 29.3. The minimum atomic E-state index is -3.89. The van der Waals surface area contributed by atoms with Gasteiger partial charge in [0.25, 0.3) is 0 Å². The molecule has 40 heavy (non-hydrogen) atoms. The number of rotatable bonds is 13. The maximum absolute atomic E-state index is 14.5. The molecule has 214 valence electrons. The van der Waals surface area contributed by atoms with Gasteiger partial charge in [0.15, 0.2) is 0 Å². The van der Waals surface area contributed by atoms with E-state index >= 15 is 0 Å². The van der Waals surface area contributed by atoms with Crippen LogP contribution in [0.25, 0.3) is 0 Å². The highest BCUT2D eigenvalue weighted by Crippen LogP contribution is 2.23. The Labute approximate surface area is 235 Å². The van der Waals surface area contributed by atoms with Gasteiger partial charge >= 0.3 is 0 Å². The molecule has 3 aromatic rings. The molecule has 10 heteroatoms. The van der Waals surface area contributed by atoms with Gasteiger partial charge in [-0.2, -0.15) is 0 Å². The van der Waals surface area contributed by atoms with Crippen molar-refractivity contribution in [3.8, 4) is 5.75 Å². The van der Waals surface area contributed by atoms with Crippen LogP contribution in [0.3, 0.4) is 0 Å². The van der Waals surface area contributed by atoms with Crippen LogP contribution < -0.4 is 14.4 Å². The highest BCUT2D eigenvalue weighted by Gasteiger charge is 2.30. The lowest BCUT2D eigenvalue weighted by molar-refractivity contribution is -0.139. The highest BCUT2D eigenvalue weighted by molar-refractivity contribution is 7.92. The molecule has 3 aromatic carbocycles. The molecule has 0 saturated heterocycles. The molecule has 1 unspecified atom stereocenters. The first-order chi connectivity index (χ1) is 19.0. The summed E-state index contributed by atoms with van der Waals surface area (Å²) in [5.74, 6) is -0.869. The predicted octanol–water partition coefficient (Wildman–Crippen LogP) is 4.36. The maximum atomic E-state index is 14.5. The summed E-state index contributed by atoms with van der Waals surface area (Å²) in [7, 11) is -3.89. The summed E-state index contributed by atoms with van der Waals surface area (Å²) in [5, 5.41) is 2.79. The topological polar surface area (TPSA) is 96.0 Å². The molecular weight excluding hydrogens is 533 g/mol. The fourth-order valence-corrected chi connectivity index (χ4v) is 4.76. The summed E-state index contributed by atoms with van der Waals surface area (Å²) in [6.07, 6.45) is 1.00. The normalized spacial score (nSPS) is 12.1. The Kier molecular flexibility index (Phi) is 10.7. The van der Waals surface area contributed by atoms with E-state index in [-0.39, 0.29) is 23.7 Å². The van der Waals surface area contributed by atoms with E-state index in [0.717, 1.165) is 16.1 Å². The van der Waals surface area contributed by atoms with Gasteiger partial charge in [0, 0.05) is 18.7 Å². The molecule has 0 bridgehead atoms. The lowest BCUT2D eigenvalue weighted by atomic mass is 10.1. The number of nitrogens with one attached hydrogen (secondary N) is 1. The first-order valence-electron chi connectivity index (χ1n) is 13.0. The van der Waals surface area contributed by atoms with Crippen molar-refractivity contribution < 1.29 is 27.1 Å². The minimum Gasteiger partial charge on any atom is -0.489 e. The molecule has 0 spiro atoms. The van der Waals surface area contributed by atoms with Crippen LogP contribution in [-0.4, -0.2) is 50.5 Å². The van der Waals surface area contributed by atoms with Crippen molar-refractivity contribution >= 4 is 27.5 Å². The standard InChI is InChI=1S/C30H36FN3O5S/c1-22(2)18-32-30(36)23(3)33(19-25-12-8-9-13-28(25)31)29(35)20-34(40(4,37)38)26-14-16-27(17-15-26)39-21-24-10-6-5-7-11-24/h5-17,22-23H,18-21H2,1-4H3,(H,32,36). The van der Waals surface area contributed by atoms with E-state index in [4.69, 9.17) is 4.74 Å². The number of hydrogen-bond acceptors (Lipinski definition) is 5. The second kappa shape index (κ2) is 13.9. The zero-order valence-electron chi connectivity index (χ0n) is 23.2. The number of carbonyl (C=O) groups excluding carboxylic acids is 2. The van der Waals surface area contributed by atoms with Crippen molar-refractivity contribution in [1.82, 2.24) is 10.2 Å². The monoisotopic (exact) mass is 569 g/mol.